The molecule has 0 bridgehead atoms. The van der Waals surface area contributed by atoms with Gasteiger partial charge in [-0.25, -0.2) is 10.1 Å². The largest absolute Gasteiger partial charge is 0.493 e. The summed E-state index contributed by atoms with van der Waals surface area (Å²) in [7, 11) is 0. The van der Waals surface area contributed by atoms with Gasteiger partial charge in [0.2, 0.25) is 11.8 Å². The van der Waals surface area contributed by atoms with Gasteiger partial charge in [0.05, 0.1) is 17.1 Å². The molecule has 2 heterocycles. The zero-order valence-electron chi connectivity index (χ0n) is 15.2. The quantitative estimate of drug-likeness (QED) is 0.750. The van der Waals surface area contributed by atoms with Crippen LogP contribution in [0.2, 0.25) is 0 Å². The number of hydrazone groups is 1. The average Bonchev–Trinajstić information content (AvgIpc) is 3.03. The molecule has 6 heteroatoms. The Morgan fingerprint density at radius 1 is 0.963 bits per heavy atom. The van der Waals surface area contributed by atoms with E-state index in [1.807, 2.05) is 50.2 Å². The summed E-state index contributed by atoms with van der Waals surface area (Å²) < 4.78 is 1.55. The summed E-state index contributed by atoms with van der Waals surface area (Å²) in [5.74, 6) is 0.0428. The van der Waals surface area contributed by atoms with Crippen LogP contribution in [0.4, 0.5) is 0 Å². The molecular formula is C21H20N4O2. The van der Waals surface area contributed by atoms with Gasteiger partial charge in [-0.3, -0.25) is 4.79 Å². The van der Waals surface area contributed by atoms with Crippen molar-refractivity contribution in [1.29, 1.82) is 0 Å². The minimum atomic E-state index is -0.0530. The molecule has 0 spiro atoms. The normalized spacial score (nSPS) is 14.0. The SMILES string of the molecule is Cc1cc(C)cc(-n2nc(-c3ccc(C4=NNC(=O)CC4)cc3)cc2O)c1. The fraction of sp³-hybridized carbons (Fsp3) is 0.190. The number of amides is 1. The molecule has 1 aromatic heterocycles. The van der Waals surface area contributed by atoms with Crippen LogP contribution in [-0.4, -0.2) is 26.5 Å². The minimum Gasteiger partial charge on any atom is -0.493 e. The second-order valence-corrected chi connectivity index (χ2v) is 6.82. The Morgan fingerprint density at radius 2 is 1.63 bits per heavy atom. The maximum atomic E-state index is 11.2. The first-order valence-electron chi connectivity index (χ1n) is 8.83. The van der Waals surface area contributed by atoms with Crippen molar-refractivity contribution in [3.05, 3.63) is 65.2 Å². The molecule has 0 fully saturated rings. The van der Waals surface area contributed by atoms with E-state index >= 15 is 0 Å². The Bertz CT molecular complexity index is 1030. The molecule has 0 unspecified atom stereocenters. The van der Waals surface area contributed by atoms with Crippen molar-refractivity contribution in [2.75, 3.05) is 0 Å². The summed E-state index contributed by atoms with van der Waals surface area (Å²) in [5.41, 5.74) is 9.01. The van der Waals surface area contributed by atoms with Crippen LogP contribution in [-0.2, 0) is 4.79 Å². The third-order valence-electron chi connectivity index (χ3n) is 4.56. The number of hydrogen-bond donors (Lipinski definition) is 2. The minimum absolute atomic E-state index is 0.0530. The summed E-state index contributed by atoms with van der Waals surface area (Å²) in [6, 6.07) is 15.5. The molecule has 1 aliphatic heterocycles. The number of rotatable bonds is 3. The molecule has 1 aliphatic rings. The number of aromatic hydroxyl groups is 1. The summed E-state index contributed by atoms with van der Waals surface area (Å²) in [4.78, 5) is 11.2. The molecule has 0 atom stereocenters. The van der Waals surface area contributed by atoms with Crippen LogP contribution in [0.25, 0.3) is 16.9 Å². The van der Waals surface area contributed by atoms with Crippen LogP contribution in [0, 0.1) is 13.8 Å². The van der Waals surface area contributed by atoms with Gasteiger partial charge in [0.25, 0.3) is 0 Å². The fourth-order valence-corrected chi connectivity index (χ4v) is 3.29. The van der Waals surface area contributed by atoms with E-state index in [0.717, 1.165) is 33.7 Å². The van der Waals surface area contributed by atoms with Gasteiger partial charge in [0, 0.05) is 24.5 Å². The van der Waals surface area contributed by atoms with E-state index < -0.39 is 0 Å². The molecule has 27 heavy (non-hydrogen) atoms. The molecule has 0 saturated heterocycles. The van der Waals surface area contributed by atoms with Crippen molar-refractivity contribution in [1.82, 2.24) is 15.2 Å². The van der Waals surface area contributed by atoms with E-state index in [1.165, 1.54) is 0 Å². The molecule has 1 amide bonds. The van der Waals surface area contributed by atoms with E-state index in [4.69, 9.17) is 0 Å². The molecule has 6 nitrogen and oxygen atoms in total. The van der Waals surface area contributed by atoms with Crippen molar-refractivity contribution < 1.29 is 9.90 Å². The van der Waals surface area contributed by atoms with Gasteiger partial charge in [-0.2, -0.15) is 10.2 Å². The van der Waals surface area contributed by atoms with Crippen LogP contribution in [0.5, 0.6) is 5.88 Å². The lowest BCUT2D eigenvalue weighted by Crippen LogP contribution is -2.25. The Kier molecular flexibility index (Phi) is 4.24. The number of hydrogen-bond acceptors (Lipinski definition) is 4. The Balaban J connectivity index is 1.64. The number of nitrogens with zero attached hydrogens (tertiary/aromatic N) is 3. The zero-order valence-corrected chi connectivity index (χ0v) is 15.2. The van der Waals surface area contributed by atoms with Crippen LogP contribution in [0.3, 0.4) is 0 Å². The first-order valence-corrected chi connectivity index (χ1v) is 8.83. The van der Waals surface area contributed by atoms with Crippen molar-refractivity contribution >= 4 is 11.6 Å². The highest BCUT2D eigenvalue weighted by molar-refractivity contribution is 6.04. The molecule has 136 valence electrons. The summed E-state index contributed by atoms with van der Waals surface area (Å²) in [6.45, 7) is 4.04. The third-order valence-corrected chi connectivity index (χ3v) is 4.56. The van der Waals surface area contributed by atoms with Crippen LogP contribution < -0.4 is 5.43 Å². The Labute approximate surface area is 157 Å². The van der Waals surface area contributed by atoms with E-state index in [2.05, 4.69) is 21.7 Å². The number of nitrogens with one attached hydrogen (secondary N) is 1. The molecular weight excluding hydrogens is 340 g/mol. The highest BCUT2D eigenvalue weighted by Crippen LogP contribution is 2.27. The van der Waals surface area contributed by atoms with Gasteiger partial charge < -0.3 is 5.11 Å². The lowest BCUT2D eigenvalue weighted by molar-refractivity contribution is -0.121. The molecule has 0 radical (unpaired) electrons. The standard InChI is InChI=1S/C21H20N4O2/c1-13-9-14(2)11-17(10-13)25-21(27)12-19(24-25)16-5-3-15(4-6-16)18-7-8-20(26)23-22-18/h3-6,9-12,27H,7-8H2,1-2H3,(H,23,26). The maximum absolute atomic E-state index is 11.2. The van der Waals surface area contributed by atoms with Crippen LogP contribution in [0.1, 0.15) is 29.5 Å². The van der Waals surface area contributed by atoms with Crippen molar-refractivity contribution in [3.8, 4) is 22.8 Å². The van der Waals surface area contributed by atoms with E-state index in [0.29, 0.717) is 18.5 Å². The number of aromatic nitrogens is 2. The predicted octanol–water partition coefficient (Wildman–Crippen LogP) is 3.48. The Hall–Kier alpha value is -3.41. The first kappa shape index (κ1) is 17.0. The van der Waals surface area contributed by atoms with E-state index in [-0.39, 0.29) is 11.8 Å². The van der Waals surface area contributed by atoms with E-state index in [1.54, 1.807) is 10.7 Å². The monoisotopic (exact) mass is 360 g/mol. The smallest absolute Gasteiger partial charge is 0.240 e. The van der Waals surface area contributed by atoms with Crippen molar-refractivity contribution in [3.63, 3.8) is 0 Å². The van der Waals surface area contributed by atoms with Crippen molar-refractivity contribution in [2.45, 2.75) is 26.7 Å². The molecule has 0 saturated carbocycles. The maximum Gasteiger partial charge on any atom is 0.240 e. The number of carbonyl (C=O) groups excluding carboxylic acids is 1. The Morgan fingerprint density at radius 3 is 2.26 bits per heavy atom. The number of benzene rings is 2. The van der Waals surface area contributed by atoms with Gasteiger partial charge in [-0.05, 0) is 42.7 Å². The van der Waals surface area contributed by atoms with Gasteiger partial charge in [-0.15, -0.1) is 0 Å². The van der Waals surface area contributed by atoms with E-state index in [9.17, 15) is 9.90 Å². The van der Waals surface area contributed by atoms with Crippen LogP contribution >= 0.6 is 0 Å². The van der Waals surface area contributed by atoms with Crippen LogP contribution in [0.15, 0.2) is 53.6 Å². The van der Waals surface area contributed by atoms with Crippen molar-refractivity contribution in [2.24, 2.45) is 5.10 Å². The molecule has 2 aromatic carbocycles. The lowest BCUT2D eigenvalue weighted by Gasteiger charge is -2.12. The summed E-state index contributed by atoms with van der Waals surface area (Å²) in [5, 5.41) is 19.0. The average molecular weight is 360 g/mol. The first-order chi connectivity index (χ1) is 13.0. The second-order valence-electron chi connectivity index (χ2n) is 6.82. The highest BCUT2D eigenvalue weighted by Gasteiger charge is 2.14. The second kappa shape index (κ2) is 6.72. The molecule has 4 rings (SSSR count). The van der Waals surface area contributed by atoms with Gasteiger partial charge >= 0.3 is 0 Å². The number of carbonyl (C=O) groups is 1. The molecule has 0 aliphatic carbocycles. The van der Waals surface area contributed by atoms with Gasteiger partial charge in [-0.1, -0.05) is 30.3 Å². The van der Waals surface area contributed by atoms with Gasteiger partial charge in [0.1, 0.15) is 0 Å². The number of aryl methyl sites for hydroxylation is 2. The van der Waals surface area contributed by atoms with Gasteiger partial charge in [0.15, 0.2) is 0 Å². The summed E-state index contributed by atoms with van der Waals surface area (Å²) in [6.07, 6.45) is 1.09. The topological polar surface area (TPSA) is 79.5 Å². The lowest BCUT2D eigenvalue weighted by atomic mass is 10.0. The third kappa shape index (κ3) is 3.46. The summed E-state index contributed by atoms with van der Waals surface area (Å²) >= 11 is 0. The molecule has 3 aromatic rings. The molecule has 2 N–H and O–H groups in total. The fourth-order valence-electron chi connectivity index (χ4n) is 3.29. The highest BCUT2D eigenvalue weighted by atomic mass is 16.3. The zero-order chi connectivity index (χ0) is 19.0. The predicted molar refractivity (Wildman–Crippen MR) is 104 cm³/mol.